The lowest BCUT2D eigenvalue weighted by molar-refractivity contribution is 0.465. The van der Waals surface area contributed by atoms with Crippen molar-refractivity contribution in [1.82, 2.24) is 0 Å². The number of hydrogen-bond donors (Lipinski definition) is 2. The van der Waals surface area contributed by atoms with E-state index in [0.717, 1.165) is 15.7 Å². The lowest BCUT2D eigenvalue weighted by Crippen LogP contribution is -2.06. The normalized spacial score (nSPS) is 12.2. The van der Waals surface area contributed by atoms with Gasteiger partial charge in [-0.2, -0.15) is 0 Å². The minimum atomic E-state index is 0.00319. The highest BCUT2D eigenvalue weighted by Crippen LogP contribution is 2.29. The molecule has 2 rings (SSSR count). The molecule has 0 aromatic heterocycles. The fourth-order valence-electron chi connectivity index (χ4n) is 1.76. The van der Waals surface area contributed by atoms with Crippen LogP contribution in [0.25, 0.3) is 0 Å². The molecule has 0 amide bonds. The molecule has 4 heteroatoms. The Morgan fingerprint density at radius 1 is 1.17 bits per heavy atom. The summed E-state index contributed by atoms with van der Waals surface area (Å²) in [5.41, 5.74) is 1.82. The standard InChI is InChI=1S/C14H13BrClNO/c1-9(13-7-4-11(16)8-14(13)18)17-12-5-2-10(15)3-6-12/h2-9,17-18H,1H3/t9-/m0/s1. The highest BCUT2D eigenvalue weighted by Gasteiger charge is 2.10. The predicted molar refractivity (Wildman–Crippen MR) is 79.3 cm³/mol. The molecule has 0 heterocycles. The van der Waals surface area contributed by atoms with Crippen LogP contribution in [0.3, 0.4) is 0 Å². The molecule has 0 radical (unpaired) electrons. The molecule has 0 aliphatic heterocycles. The Kier molecular flexibility index (Phi) is 4.15. The molecule has 0 saturated heterocycles. The van der Waals surface area contributed by atoms with Crippen LogP contribution in [0.15, 0.2) is 46.9 Å². The molecule has 2 aromatic carbocycles. The Hall–Kier alpha value is -1.19. The number of phenolic OH excluding ortho intramolecular Hbond substituents is 1. The Balaban J connectivity index is 2.16. The average Bonchev–Trinajstić information content (AvgIpc) is 2.32. The van der Waals surface area contributed by atoms with Crippen molar-refractivity contribution in [3.63, 3.8) is 0 Å². The van der Waals surface area contributed by atoms with Gasteiger partial charge in [-0.1, -0.05) is 33.6 Å². The topological polar surface area (TPSA) is 32.3 Å². The van der Waals surface area contributed by atoms with Gasteiger partial charge in [0.25, 0.3) is 0 Å². The van der Waals surface area contributed by atoms with E-state index in [2.05, 4.69) is 21.2 Å². The van der Waals surface area contributed by atoms with E-state index in [1.165, 1.54) is 0 Å². The second-order valence-electron chi connectivity index (χ2n) is 4.08. The van der Waals surface area contributed by atoms with Crippen LogP contribution in [0.1, 0.15) is 18.5 Å². The molecule has 94 valence electrons. The number of halogens is 2. The Morgan fingerprint density at radius 2 is 1.83 bits per heavy atom. The van der Waals surface area contributed by atoms with E-state index in [1.54, 1.807) is 12.1 Å². The fraction of sp³-hybridized carbons (Fsp3) is 0.143. The first-order chi connectivity index (χ1) is 8.56. The summed E-state index contributed by atoms with van der Waals surface area (Å²) in [7, 11) is 0. The van der Waals surface area contributed by atoms with Crippen molar-refractivity contribution in [2.75, 3.05) is 5.32 Å². The summed E-state index contributed by atoms with van der Waals surface area (Å²) < 4.78 is 1.04. The van der Waals surface area contributed by atoms with Gasteiger partial charge in [-0.3, -0.25) is 0 Å². The van der Waals surface area contributed by atoms with Crippen molar-refractivity contribution < 1.29 is 5.11 Å². The number of rotatable bonds is 3. The zero-order chi connectivity index (χ0) is 13.1. The van der Waals surface area contributed by atoms with Crippen LogP contribution < -0.4 is 5.32 Å². The number of anilines is 1. The van der Waals surface area contributed by atoms with Crippen molar-refractivity contribution in [2.24, 2.45) is 0 Å². The molecule has 1 atom stereocenters. The summed E-state index contributed by atoms with van der Waals surface area (Å²) in [6.07, 6.45) is 0. The number of phenols is 1. The third-order valence-corrected chi connectivity index (χ3v) is 3.45. The molecule has 2 nitrogen and oxygen atoms in total. The predicted octanol–water partition coefficient (Wildman–Crippen LogP) is 4.98. The van der Waals surface area contributed by atoms with Crippen molar-refractivity contribution in [1.29, 1.82) is 0 Å². The van der Waals surface area contributed by atoms with Gasteiger partial charge in [0, 0.05) is 20.7 Å². The van der Waals surface area contributed by atoms with E-state index in [4.69, 9.17) is 11.6 Å². The first-order valence-corrected chi connectivity index (χ1v) is 6.74. The lowest BCUT2D eigenvalue weighted by atomic mass is 10.1. The molecule has 0 unspecified atom stereocenters. The zero-order valence-corrected chi connectivity index (χ0v) is 12.2. The molecule has 0 aliphatic rings. The van der Waals surface area contributed by atoms with Gasteiger partial charge in [-0.05, 0) is 43.3 Å². The molecule has 0 spiro atoms. The molecular formula is C14H13BrClNO. The molecule has 0 saturated carbocycles. The fourth-order valence-corrected chi connectivity index (χ4v) is 2.19. The third-order valence-electron chi connectivity index (χ3n) is 2.69. The van der Waals surface area contributed by atoms with Gasteiger partial charge >= 0.3 is 0 Å². The Labute approximate surface area is 120 Å². The summed E-state index contributed by atoms with van der Waals surface area (Å²) in [6, 6.07) is 13.1. The van der Waals surface area contributed by atoms with Gasteiger partial charge in [0.05, 0.1) is 6.04 Å². The largest absolute Gasteiger partial charge is 0.508 e. The van der Waals surface area contributed by atoms with Gasteiger partial charge in [-0.25, -0.2) is 0 Å². The summed E-state index contributed by atoms with van der Waals surface area (Å²) >= 11 is 9.21. The Bertz CT molecular complexity index is 542. The van der Waals surface area contributed by atoms with E-state index in [1.807, 2.05) is 37.3 Å². The minimum Gasteiger partial charge on any atom is -0.508 e. The summed E-state index contributed by atoms with van der Waals surface area (Å²) in [4.78, 5) is 0. The van der Waals surface area contributed by atoms with Crippen LogP contribution in [0.5, 0.6) is 5.75 Å². The number of nitrogens with one attached hydrogen (secondary N) is 1. The second kappa shape index (κ2) is 5.63. The van der Waals surface area contributed by atoms with Crippen LogP contribution in [-0.2, 0) is 0 Å². The number of aromatic hydroxyl groups is 1. The van der Waals surface area contributed by atoms with Crippen LogP contribution in [0, 0.1) is 0 Å². The van der Waals surface area contributed by atoms with Gasteiger partial charge < -0.3 is 10.4 Å². The molecule has 2 N–H and O–H groups in total. The van der Waals surface area contributed by atoms with Crippen molar-refractivity contribution in [2.45, 2.75) is 13.0 Å². The first-order valence-electron chi connectivity index (χ1n) is 5.57. The maximum absolute atomic E-state index is 9.85. The molecule has 0 fully saturated rings. The lowest BCUT2D eigenvalue weighted by Gasteiger charge is -2.17. The van der Waals surface area contributed by atoms with E-state index in [-0.39, 0.29) is 11.8 Å². The van der Waals surface area contributed by atoms with Gasteiger partial charge in [0.15, 0.2) is 0 Å². The molecule has 2 aromatic rings. The molecule has 18 heavy (non-hydrogen) atoms. The van der Waals surface area contributed by atoms with Crippen LogP contribution in [-0.4, -0.2) is 5.11 Å². The third kappa shape index (κ3) is 3.18. The maximum Gasteiger partial charge on any atom is 0.122 e. The first kappa shape index (κ1) is 13.2. The van der Waals surface area contributed by atoms with Gasteiger partial charge in [0.1, 0.15) is 5.75 Å². The monoisotopic (exact) mass is 325 g/mol. The summed E-state index contributed by atoms with van der Waals surface area (Å²) in [5, 5.41) is 13.7. The highest BCUT2D eigenvalue weighted by molar-refractivity contribution is 9.10. The minimum absolute atomic E-state index is 0.00319. The molecular weight excluding hydrogens is 314 g/mol. The summed E-state index contributed by atoms with van der Waals surface area (Å²) in [5.74, 6) is 0.208. The van der Waals surface area contributed by atoms with Crippen molar-refractivity contribution in [3.8, 4) is 5.75 Å². The maximum atomic E-state index is 9.85. The highest BCUT2D eigenvalue weighted by atomic mass is 79.9. The van der Waals surface area contributed by atoms with Gasteiger partial charge in [-0.15, -0.1) is 0 Å². The number of hydrogen-bond acceptors (Lipinski definition) is 2. The average molecular weight is 327 g/mol. The molecule has 0 bridgehead atoms. The van der Waals surface area contributed by atoms with Crippen LogP contribution >= 0.6 is 27.5 Å². The van der Waals surface area contributed by atoms with E-state index < -0.39 is 0 Å². The second-order valence-corrected chi connectivity index (χ2v) is 5.43. The number of benzene rings is 2. The van der Waals surface area contributed by atoms with Crippen molar-refractivity contribution in [3.05, 3.63) is 57.5 Å². The quantitative estimate of drug-likeness (QED) is 0.833. The smallest absolute Gasteiger partial charge is 0.122 e. The van der Waals surface area contributed by atoms with E-state index >= 15 is 0 Å². The summed E-state index contributed by atoms with van der Waals surface area (Å²) in [6.45, 7) is 1.99. The zero-order valence-electron chi connectivity index (χ0n) is 9.82. The van der Waals surface area contributed by atoms with E-state index in [0.29, 0.717) is 5.02 Å². The van der Waals surface area contributed by atoms with E-state index in [9.17, 15) is 5.11 Å². The van der Waals surface area contributed by atoms with Gasteiger partial charge in [0.2, 0.25) is 0 Å². The Morgan fingerprint density at radius 3 is 2.44 bits per heavy atom. The SMILES string of the molecule is C[C@H](Nc1ccc(Br)cc1)c1ccc(Cl)cc1O. The van der Waals surface area contributed by atoms with Crippen LogP contribution in [0.4, 0.5) is 5.69 Å². The van der Waals surface area contributed by atoms with Crippen LogP contribution in [0.2, 0.25) is 5.02 Å². The molecule has 0 aliphatic carbocycles. The van der Waals surface area contributed by atoms with Crippen molar-refractivity contribution >= 4 is 33.2 Å².